The van der Waals surface area contributed by atoms with Gasteiger partial charge in [0.1, 0.15) is 18.8 Å². The Hall–Kier alpha value is -2.92. The van der Waals surface area contributed by atoms with Gasteiger partial charge in [-0.2, -0.15) is 0 Å². The van der Waals surface area contributed by atoms with Crippen molar-refractivity contribution in [2.75, 3.05) is 13.2 Å². The van der Waals surface area contributed by atoms with Gasteiger partial charge in [0.15, 0.2) is 18.4 Å². The van der Waals surface area contributed by atoms with E-state index in [2.05, 4.69) is 11.6 Å². The molecule has 0 unspecified atom stereocenters. The summed E-state index contributed by atoms with van der Waals surface area (Å²) in [5.41, 5.74) is -1.33. The van der Waals surface area contributed by atoms with E-state index in [-0.39, 0.29) is 13.2 Å². The summed E-state index contributed by atoms with van der Waals surface area (Å²) < 4.78 is 27.7. The number of hydrogen-bond donors (Lipinski definition) is 1. The van der Waals surface area contributed by atoms with Crippen LogP contribution in [0, 0.1) is 0 Å². The van der Waals surface area contributed by atoms with Crippen molar-refractivity contribution in [2.24, 2.45) is 0 Å². The number of H-pyrrole nitrogens is 1. The Labute approximate surface area is 152 Å². The molecule has 146 valence electrons. The van der Waals surface area contributed by atoms with Crippen LogP contribution in [-0.2, 0) is 28.5 Å². The van der Waals surface area contributed by atoms with Crippen LogP contribution in [0.1, 0.15) is 13.2 Å². The second kappa shape index (κ2) is 7.76. The van der Waals surface area contributed by atoms with Crippen molar-refractivity contribution in [1.29, 1.82) is 0 Å². The zero-order chi connectivity index (χ0) is 19.6. The lowest BCUT2D eigenvalue weighted by atomic mass is 10.1. The topological polar surface area (TPSA) is 135 Å². The summed E-state index contributed by atoms with van der Waals surface area (Å²) >= 11 is 0. The SMILES string of the molecule is C=CCOC(=O)O[C@@H]1CO[C@@H]2[C@@H](OC(C)=O)[C@H](n3ccc(=O)[nH]c3=O)O[C@@H]21. The fraction of sp³-hybridized carbons (Fsp3) is 0.500. The van der Waals surface area contributed by atoms with E-state index in [9.17, 15) is 19.2 Å². The second-order valence-electron chi connectivity index (χ2n) is 5.89. The highest BCUT2D eigenvalue weighted by Gasteiger charge is 2.56. The van der Waals surface area contributed by atoms with Gasteiger partial charge in [0.05, 0.1) is 6.61 Å². The summed E-state index contributed by atoms with van der Waals surface area (Å²) in [6.45, 7) is 4.61. The molecular formula is C16H18N2O9. The van der Waals surface area contributed by atoms with Crippen LogP contribution in [0.15, 0.2) is 34.5 Å². The third kappa shape index (κ3) is 3.93. The van der Waals surface area contributed by atoms with E-state index in [1.807, 2.05) is 0 Å². The number of fused-ring (bicyclic) bond motifs is 1. The normalized spacial score (nSPS) is 29.0. The first-order valence-corrected chi connectivity index (χ1v) is 8.10. The number of hydrogen-bond acceptors (Lipinski definition) is 9. The van der Waals surface area contributed by atoms with E-state index >= 15 is 0 Å². The predicted molar refractivity (Wildman–Crippen MR) is 86.9 cm³/mol. The molecule has 0 aliphatic carbocycles. The number of rotatable bonds is 5. The highest BCUT2D eigenvalue weighted by Crippen LogP contribution is 2.39. The number of ether oxygens (including phenoxy) is 5. The lowest BCUT2D eigenvalue weighted by Gasteiger charge is -2.23. The van der Waals surface area contributed by atoms with Gasteiger partial charge in [-0.25, -0.2) is 9.59 Å². The number of carbonyl (C=O) groups is 2. The Morgan fingerprint density at radius 3 is 2.81 bits per heavy atom. The molecule has 2 aliphatic heterocycles. The Morgan fingerprint density at radius 2 is 2.15 bits per heavy atom. The van der Waals surface area contributed by atoms with Crippen molar-refractivity contribution in [1.82, 2.24) is 9.55 Å². The first-order valence-electron chi connectivity index (χ1n) is 8.10. The maximum absolute atomic E-state index is 12.1. The lowest BCUT2D eigenvalue weighted by molar-refractivity contribution is -0.159. The first-order chi connectivity index (χ1) is 12.9. The fourth-order valence-corrected chi connectivity index (χ4v) is 3.01. The van der Waals surface area contributed by atoms with Crippen molar-refractivity contribution in [2.45, 2.75) is 37.6 Å². The molecule has 0 bridgehead atoms. The van der Waals surface area contributed by atoms with Gasteiger partial charge < -0.3 is 23.7 Å². The van der Waals surface area contributed by atoms with Crippen molar-refractivity contribution in [3.05, 3.63) is 45.8 Å². The second-order valence-corrected chi connectivity index (χ2v) is 5.89. The number of aromatic nitrogens is 2. The zero-order valence-electron chi connectivity index (χ0n) is 14.4. The van der Waals surface area contributed by atoms with E-state index < -0.39 is 54.0 Å². The molecule has 2 fully saturated rings. The summed E-state index contributed by atoms with van der Waals surface area (Å²) in [5, 5.41) is 0. The fourth-order valence-electron chi connectivity index (χ4n) is 3.01. The minimum Gasteiger partial charge on any atom is -0.455 e. The van der Waals surface area contributed by atoms with Crippen LogP contribution >= 0.6 is 0 Å². The highest BCUT2D eigenvalue weighted by atomic mass is 16.7. The molecule has 11 nitrogen and oxygen atoms in total. The van der Waals surface area contributed by atoms with E-state index in [0.29, 0.717) is 0 Å². The Kier molecular flexibility index (Phi) is 5.42. The van der Waals surface area contributed by atoms with Crippen molar-refractivity contribution >= 4 is 12.1 Å². The standard InChI is InChI=1S/C16H18N2O9/c1-3-6-23-16(22)26-9-7-24-12-11(9)27-14(13(12)25-8(2)19)18-5-4-10(20)17-15(18)21/h3-5,9,11-14H,1,6-7H2,2H3,(H,17,20,21)/t9-,11-,12+,13-,14-/m1/s1. The van der Waals surface area contributed by atoms with Crippen molar-refractivity contribution in [3.63, 3.8) is 0 Å². The van der Waals surface area contributed by atoms with Gasteiger partial charge in [-0.3, -0.25) is 19.1 Å². The molecule has 0 spiro atoms. The van der Waals surface area contributed by atoms with Gasteiger partial charge in [0, 0.05) is 19.2 Å². The van der Waals surface area contributed by atoms with Crippen LogP contribution in [0.3, 0.4) is 0 Å². The monoisotopic (exact) mass is 382 g/mol. The zero-order valence-corrected chi connectivity index (χ0v) is 14.4. The molecule has 27 heavy (non-hydrogen) atoms. The highest BCUT2D eigenvalue weighted by molar-refractivity contribution is 5.66. The molecule has 0 aromatic carbocycles. The van der Waals surface area contributed by atoms with Crippen LogP contribution in [0.25, 0.3) is 0 Å². The van der Waals surface area contributed by atoms with Crippen LogP contribution in [0.5, 0.6) is 0 Å². The Balaban J connectivity index is 1.82. The van der Waals surface area contributed by atoms with Crippen LogP contribution < -0.4 is 11.2 Å². The van der Waals surface area contributed by atoms with Crippen molar-refractivity contribution < 1.29 is 33.3 Å². The minimum absolute atomic E-state index is 0.00350. The maximum atomic E-state index is 12.1. The molecular weight excluding hydrogens is 364 g/mol. The van der Waals surface area contributed by atoms with Crippen LogP contribution in [0.2, 0.25) is 0 Å². The molecule has 11 heteroatoms. The van der Waals surface area contributed by atoms with Gasteiger partial charge in [0.25, 0.3) is 5.56 Å². The van der Waals surface area contributed by atoms with E-state index in [1.54, 1.807) is 0 Å². The molecule has 1 N–H and O–H groups in total. The average molecular weight is 382 g/mol. The van der Waals surface area contributed by atoms with E-state index in [4.69, 9.17) is 23.7 Å². The molecule has 2 saturated heterocycles. The van der Waals surface area contributed by atoms with Gasteiger partial charge in [-0.15, -0.1) is 0 Å². The quantitative estimate of drug-likeness (QED) is 0.527. The number of nitrogens with zero attached hydrogens (tertiary/aromatic N) is 1. The van der Waals surface area contributed by atoms with Gasteiger partial charge in [-0.05, 0) is 0 Å². The Bertz CT molecular complexity index is 845. The average Bonchev–Trinajstić information content (AvgIpc) is 3.14. The molecule has 1 aromatic heterocycles. The van der Waals surface area contributed by atoms with Gasteiger partial charge in [0.2, 0.25) is 0 Å². The molecule has 3 rings (SSSR count). The molecule has 0 saturated carbocycles. The van der Waals surface area contributed by atoms with E-state index in [1.165, 1.54) is 19.2 Å². The third-order valence-corrected chi connectivity index (χ3v) is 4.04. The molecule has 2 aliphatic rings. The van der Waals surface area contributed by atoms with E-state index in [0.717, 1.165) is 10.6 Å². The molecule has 1 aromatic rings. The molecule has 5 atom stereocenters. The summed E-state index contributed by atoms with van der Waals surface area (Å²) in [6.07, 6.45) is -2.76. The lowest BCUT2D eigenvalue weighted by Crippen LogP contribution is -2.39. The number of carbonyl (C=O) groups excluding carboxylic acids is 2. The minimum atomic E-state index is -1.07. The summed E-state index contributed by atoms with van der Waals surface area (Å²) in [5.74, 6) is -0.606. The Morgan fingerprint density at radius 1 is 1.37 bits per heavy atom. The number of nitrogens with one attached hydrogen (secondary N) is 1. The maximum Gasteiger partial charge on any atom is 0.509 e. The summed E-state index contributed by atoms with van der Waals surface area (Å²) in [6, 6.07) is 1.13. The van der Waals surface area contributed by atoms with Crippen molar-refractivity contribution in [3.8, 4) is 0 Å². The predicted octanol–water partition coefficient (Wildman–Crippen LogP) is -0.528. The molecule has 0 radical (unpaired) electrons. The summed E-state index contributed by atoms with van der Waals surface area (Å²) in [4.78, 5) is 48.6. The van der Waals surface area contributed by atoms with Crippen LogP contribution in [-0.4, -0.2) is 59.3 Å². The molecule has 0 amide bonds. The third-order valence-electron chi connectivity index (χ3n) is 4.04. The largest absolute Gasteiger partial charge is 0.509 e. The first kappa shape index (κ1) is 18.9. The van der Waals surface area contributed by atoms with Crippen LogP contribution in [0.4, 0.5) is 4.79 Å². The number of esters is 1. The van der Waals surface area contributed by atoms with Gasteiger partial charge in [-0.1, -0.05) is 12.7 Å². The number of aromatic amines is 1. The van der Waals surface area contributed by atoms with Gasteiger partial charge >= 0.3 is 17.8 Å². The smallest absolute Gasteiger partial charge is 0.455 e. The summed E-state index contributed by atoms with van der Waals surface area (Å²) in [7, 11) is 0. The molecule has 3 heterocycles.